The zero-order chi connectivity index (χ0) is 27.7. The Labute approximate surface area is 235 Å². The van der Waals surface area contributed by atoms with Crippen LogP contribution in [0, 0.1) is 11.8 Å². The Morgan fingerprint density at radius 3 is 1.69 bits per heavy atom. The molecule has 3 aromatic carbocycles. The number of hydrogen-bond donors (Lipinski definition) is 1. The first kappa shape index (κ1) is 25.6. The number of hydrogen-bond acceptors (Lipinski definition) is 5. The van der Waals surface area contributed by atoms with Gasteiger partial charge in [0, 0.05) is 5.69 Å². The number of carbonyl (C=O) groups is 4. The number of imide groups is 1. The van der Waals surface area contributed by atoms with Gasteiger partial charge in [0.1, 0.15) is 15.8 Å². The predicted octanol–water partition coefficient (Wildman–Crippen LogP) is 4.78. The molecular formula is C30H24Cl2N2O5. The number of ether oxygens (including phenoxy) is 1. The Balaban J connectivity index is 1.34. The molecule has 3 aliphatic carbocycles. The molecule has 1 heterocycles. The minimum absolute atomic E-state index is 0.248. The van der Waals surface area contributed by atoms with E-state index in [1.54, 1.807) is 19.1 Å². The Hall–Kier alpha value is -3.68. The largest absolute Gasteiger partial charge is 0.462 e. The van der Waals surface area contributed by atoms with Gasteiger partial charge in [0.15, 0.2) is 0 Å². The highest BCUT2D eigenvalue weighted by Crippen LogP contribution is 2.69. The molecule has 0 aromatic heterocycles. The molecule has 7 rings (SSSR count). The third-order valence-electron chi connectivity index (χ3n) is 8.05. The minimum atomic E-state index is -1.31. The lowest BCUT2D eigenvalue weighted by atomic mass is 9.54. The van der Waals surface area contributed by atoms with Crippen LogP contribution in [-0.2, 0) is 28.9 Å². The van der Waals surface area contributed by atoms with Crippen LogP contribution in [0.1, 0.15) is 46.5 Å². The van der Waals surface area contributed by atoms with Crippen LogP contribution in [-0.4, -0.2) is 41.2 Å². The normalized spacial score (nSPS) is 26.9. The predicted molar refractivity (Wildman–Crippen MR) is 145 cm³/mol. The van der Waals surface area contributed by atoms with Crippen molar-refractivity contribution in [1.82, 2.24) is 4.90 Å². The van der Waals surface area contributed by atoms with Crippen molar-refractivity contribution in [3.05, 3.63) is 101 Å². The van der Waals surface area contributed by atoms with E-state index >= 15 is 0 Å². The number of benzene rings is 3. The van der Waals surface area contributed by atoms with Crippen LogP contribution in [0.25, 0.3) is 0 Å². The van der Waals surface area contributed by atoms with E-state index in [1.165, 1.54) is 19.1 Å². The first-order chi connectivity index (χ1) is 18.6. The van der Waals surface area contributed by atoms with Crippen LogP contribution >= 0.6 is 23.2 Å². The zero-order valence-corrected chi connectivity index (χ0v) is 22.6. The van der Waals surface area contributed by atoms with Crippen molar-refractivity contribution in [1.29, 1.82) is 0 Å². The number of rotatable bonds is 5. The van der Waals surface area contributed by atoms with Crippen LogP contribution in [0.3, 0.4) is 0 Å². The van der Waals surface area contributed by atoms with Gasteiger partial charge in [-0.1, -0.05) is 48.5 Å². The Morgan fingerprint density at radius 1 is 0.846 bits per heavy atom. The third kappa shape index (κ3) is 3.36. The minimum Gasteiger partial charge on any atom is -0.462 e. The fourth-order valence-electron chi connectivity index (χ4n) is 6.34. The molecule has 198 valence electrons. The molecule has 0 radical (unpaired) electrons. The number of nitrogens with one attached hydrogen (secondary N) is 1. The monoisotopic (exact) mass is 562 g/mol. The smallest absolute Gasteiger partial charge is 0.338 e. The van der Waals surface area contributed by atoms with E-state index in [9.17, 15) is 19.2 Å². The summed E-state index contributed by atoms with van der Waals surface area (Å²) >= 11 is 14.9. The molecule has 1 aliphatic heterocycles. The summed E-state index contributed by atoms with van der Waals surface area (Å²) in [6, 6.07) is 19.8. The number of amides is 3. The molecule has 7 nitrogen and oxygen atoms in total. The Kier molecular flexibility index (Phi) is 5.86. The summed E-state index contributed by atoms with van der Waals surface area (Å²) < 4.78 is 4.98. The topological polar surface area (TPSA) is 92.8 Å². The van der Waals surface area contributed by atoms with E-state index in [2.05, 4.69) is 5.32 Å². The standard InChI is InChI=1S/C30H24Cl2N2O5/c1-3-39-28(38)17-12-14-18(15-13-17)33-25(35)16(2)34-26(36)23-24(27(34)37)30(32)20-9-5-4-8-19(20)29(23,31)21-10-6-7-11-22(21)30/h4-16,23-24H,3H2,1-2H3,(H,33,35)/t16-,23-,24-,29?,30?/m0/s1. The van der Waals surface area contributed by atoms with Gasteiger partial charge in [-0.05, 0) is 60.4 Å². The highest BCUT2D eigenvalue weighted by molar-refractivity contribution is 6.36. The van der Waals surface area contributed by atoms with Crippen molar-refractivity contribution in [2.24, 2.45) is 11.8 Å². The quantitative estimate of drug-likeness (QED) is 0.274. The number of halogens is 2. The summed E-state index contributed by atoms with van der Waals surface area (Å²) in [5.74, 6) is -4.06. The lowest BCUT2D eigenvalue weighted by Crippen LogP contribution is -2.57. The van der Waals surface area contributed by atoms with Gasteiger partial charge in [0.05, 0.1) is 24.0 Å². The Morgan fingerprint density at radius 2 is 1.28 bits per heavy atom. The fourth-order valence-corrected chi connectivity index (χ4v) is 7.44. The molecule has 1 fully saturated rings. The van der Waals surface area contributed by atoms with Crippen molar-refractivity contribution in [2.45, 2.75) is 29.6 Å². The number of anilines is 1. The molecule has 1 N–H and O–H groups in total. The highest BCUT2D eigenvalue weighted by atomic mass is 35.5. The lowest BCUT2D eigenvalue weighted by molar-refractivity contribution is -0.146. The van der Waals surface area contributed by atoms with Crippen molar-refractivity contribution in [2.75, 3.05) is 11.9 Å². The molecule has 1 saturated heterocycles. The van der Waals surface area contributed by atoms with Crippen molar-refractivity contribution < 1.29 is 23.9 Å². The number of nitrogens with zero attached hydrogens (tertiary/aromatic N) is 1. The third-order valence-corrected chi connectivity index (χ3v) is 9.33. The molecule has 3 atom stereocenters. The second kappa shape index (κ2) is 8.93. The summed E-state index contributed by atoms with van der Waals surface area (Å²) in [7, 11) is 0. The summed E-state index contributed by atoms with van der Waals surface area (Å²) in [5, 5.41) is 2.73. The molecule has 0 saturated carbocycles. The molecule has 39 heavy (non-hydrogen) atoms. The van der Waals surface area contributed by atoms with Gasteiger partial charge in [-0.3, -0.25) is 19.3 Å². The zero-order valence-electron chi connectivity index (χ0n) is 21.1. The summed E-state index contributed by atoms with van der Waals surface area (Å²) in [4.78, 5) is 51.6. The molecule has 3 aromatic rings. The SMILES string of the molecule is CCOC(=O)c1ccc(NC(=O)[C@H](C)N2C(=O)[C@@H]3[C@@H](C2=O)C2(Cl)c4ccccc4C3(Cl)c3ccccc32)cc1. The second-order valence-corrected chi connectivity index (χ2v) is 11.2. The van der Waals surface area contributed by atoms with Crippen LogP contribution in [0.4, 0.5) is 5.69 Å². The Bertz CT molecular complexity index is 1430. The second-order valence-electron chi connectivity index (χ2n) is 9.98. The number of likely N-dealkylation sites (tertiary alicyclic amines) is 1. The van der Waals surface area contributed by atoms with E-state index in [0.717, 1.165) is 4.90 Å². The molecule has 9 heteroatoms. The van der Waals surface area contributed by atoms with Crippen LogP contribution in [0.15, 0.2) is 72.8 Å². The van der Waals surface area contributed by atoms with Gasteiger partial charge in [-0.2, -0.15) is 0 Å². The molecular weight excluding hydrogens is 539 g/mol. The van der Waals surface area contributed by atoms with Crippen LogP contribution in [0.2, 0.25) is 0 Å². The first-order valence-electron chi connectivity index (χ1n) is 12.7. The van der Waals surface area contributed by atoms with Gasteiger partial charge in [0.2, 0.25) is 17.7 Å². The molecule has 0 unspecified atom stereocenters. The lowest BCUT2D eigenvalue weighted by Gasteiger charge is -2.54. The van der Waals surface area contributed by atoms with Crippen LogP contribution < -0.4 is 5.32 Å². The maximum Gasteiger partial charge on any atom is 0.338 e. The first-order valence-corrected chi connectivity index (χ1v) is 13.4. The molecule has 4 aliphatic rings. The summed E-state index contributed by atoms with van der Waals surface area (Å²) in [5.41, 5.74) is 3.53. The van der Waals surface area contributed by atoms with Crippen molar-refractivity contribution in [3.8, 4) is 0 Å². The van der Waals surface area contributed by atoms with Crippen molar-refractivity contribution >= 4 is 52.6 Å². The van der Waals surface area contributed by atoms with E-state index in [1.807, 2.05) is 48.5 Å². The summed E-state index contributed by atoms with van der Waals surface area (Å²) in [6.45, 7) is 3.46. The van der Waals surface area contributed by atoms with E-state index in [4.69, 9.17) is 27.9 Å². The number of alkyl halides is 2. The van der Waals surface area contributed by atoms with Gasteiger partial charge in [-0.15, -0.1) is 23.2 Å². The average molecular weight is 563 g/mol. The van der Waals surface area contributed by atoms with Gasteiger partial charge in [-0.25, -0.2) is 4.79 Å². The van der Waals surface area contributed by atoms with Gasteiger partial charge in [0.25, 0.3) is 0 Å². The molecule has 0 spiro atoms. The maximum absolute atomic E-state index is 14.0. The van der Waals surface area contributed by atoms with E-state index in [-0.39, 0.29) is 6.61 Å². The van der Waals surface area contributed by atoms with E-state index in [0.29, 0.717) is 33.5 Å². The molecule has 3 amide bonds. The highest BCUT2D eigenvalue weighted by Gasteiger charge is 2.73. The fraction of sp³-hybridized carbons (Fsp3) is 0.267. The van der Waals surface area contributed by atoms with E-state index < -0.39 is 51.3 Å². The summed E-state index contributed by atoms with van der Waals surface area (Å²) in [6.07, 6.45) is 0. The molecule has 2 bridgehead atoms. The van der Waals surface area contributed by atoms with Gasteiger partial charge >= 0.3 is 5.97 Å². The van der Waals surface area contributed by atoms with Crippen LogP contribution in [0.5, 0.6) is 0 Å². The average Bonchev–Trinajstić information content (AvgIpc) is 3.22. The number of carbonyl (C=O) groups excluding carboxylic acids is 4. The van der Waals surface area contributed by atoms with Gasteiger partial charge < -0.3 is 10.1 Å². The number of esters is 1. The van der Waals surface area contributed by atoms with Crippen molar-refractivity contribution in [3.63, 3.8) is 0 Å². The maximum atomic E-state index is 14.0.